The van der Waals surface area contributed by atoms with Crippen molar-refractivity contribution in [2.24, 2.45) is 11.7 Å². The van der Waals surface area contributed by atoms with Crippen LogP contribution >= 0.6 is 0 Å². The highest BCUT2D eigenvalue weighted by Crippen LogP contribution is 2.02. The average Bonchev–Trinajstić information content (AvgIpc) is 2.42. The van der Waals surface area contributed by atoms with Crippen LogP contribution in [0.3, 0.4) is 0 Å². The summed E-state index contributed by atoms with van der Waals surface area (Å²) in [5.74, 6) is 0.236. The van der Waals surface area contributed by atoms with E-state index < -0.39 is 6.09 Å². The zero-order valence-electron chi connectivity index (χ0n) is 10.5. The third kappa shape index (κ3) is 5.50. The summed E-state index contributed by atoms with van der Waals surface area (Å²) in [6.45, 7) is 5.06. The first-order valence-electron chi connectivity index (χ1n) is 6.03. The van der Waals surface area contributed by atoms with Gasteiger partial charge in [0.2, 0.25) is 0 Å². The number of amides is 1. The molecule has 0 heterocycles. The summed E-state index contributed by atoms with van der Waals surface area (Å²) in [6, 6.07) is 9.57. The Kier molecular flexibility index (Phi) is 6.58. The van der Waals surface area contributed by atoms with Crippen LogP contribution in [0.5, 0.6) is 0 Å². The van der Waals surface area contributed by atoms with Crippen LogP contribution in [-0.4, -0.2) is 19.2 Å². The van der Waals surface area contributed by atoms with Crippen molar-refractivity contribution in [3.63, 3.8) is 0 Å². The minimum Gasteiger partial charge on any atom is -0.445 e. The van der Waals surface area contributed by atoms with Crippen molar-refractivity contribution in [2.75, 3.05) is 13.1 Å². The minimum absolute atomic E-state index is 0.236. The maximum atomic E-state index is 11.4. The second-order valence-electron chi connectivity index (χ2n) is 4.01. The van der Waals surface area contributed by atoms with E-state index >= 15 is 0 Å². The predicted molar refractivity (Wildman–Crippen MR) is 72.0 cm³/mol. The number of benzene rings is 1. The molecule has 1 amide bonds. The SMILES string of the molecule is C=C[C@@H](CN)CCNC(=O)OCc1ccccc1. The van der Waals surface area contributed by atoms with Gasteiger partial charge in [-0.3, -0.25) is 0 Å². The Hall–Kier alpha value is -1.81. The van der Waals surface area contributed by atoms with Crippen molar-refractivity contribution in [1.29, 1.82) is 0 Å². The monoisotopic (exact) mass is 248 g/mol. The van der Waals surface area contributed by atoms with Crippen LogP contribution in [0.1, 0.15) is 12.0 Å². The second kappa shape index (κ2) is 8.31. The summed E-state index contributed by atoms with van der Waals surface area (Å²) in [5.41, 5.74) is 6.49. The van der Waals surface area contributed by atoms with Crippen molar-refractivity contribution in [3.8, 4) is 0 Å². The van der Waals surface area contributed by atoms with Crippen LogP contribution in [-0.2, 0) is 11.3 Å². The predicted octanol–water partition coefficient (Wildman–Crippen LogP) is 2.06. The Morgan fingerprint density at radius 1 is 1.44 bits per heavy atom. The van der Waals surface area contributed by atoms with Gasteiger partial charge in [0, 0.05) is 6.54 Å². The first-order valence-corrected chi connectivity index (χ1v) is 6.03. The molecular formula is C14H20N2O2. The lowest BCUT2D eigenvalue weighted by molar-refractivity contribution is 0.139. The summed E-state index contributed by atoms with van der Waals surface area (Å²) in [5, 5.41) is 2.69. The van der Waals surface area contributed by atoms with Gasteiger partial charge in [-0.05, 0) is 24.4 Å². The summed E-state index contributed by atoms with van der Waals surface area (Å²) >= 11 is 0. The normalized spacial score (nSPS) is 11.6. The molecule has 0 unspecified atom stereocenters. The number of nitrogens with two attached hydrogens (primary N) is 1. The van der Waals surface area contributed by atoms with E-state index in [1.807, 2.05) is 30.3 Å². The van der Waals surface area contributed by atoms with Crippen molar-refractivity contribution in [3.05, 3.63) is 48.6 Å². The fraction of sp³-hybridized carbons (Fsp3) is 0.357. The maximum Gasteiger partial charge on any atom is 0.407 e. The highest BCUT2D eigenvalue weighted by molar-refractivity contribution is 5.67. The fourth-order valence-electron chi connectivity index (χ4n) is 1.47. The molecule has 0 fully saturated rings. The Morgan fingerprint density at radius 3 is 2.78 bits per heavy atom. The molecule has 1 rings (SSSR count). The van der Waals surface area contributed by atoms with E-state index in [9.17, 15) is 4.79 Å². The maximum absolute atomic E-state index is 11.4. The molecule has 0 bridgehead atoms. The van der Waals surface area contributed by atoms with Gasteiger partial charge in [0.15, 0.2) is 0 Å². The van der Waals surface area contributed by atoms with Gasteiger partial charge < -0.3 is 15.8 Å². The summed E-state index contributed by atoms with van der Waals surface area (Å²) in [4.78, 5) is 11.4. The molecule has 0 saturated carbocycles. The van der Waals surface area contributed by atoms with Crippen molar-refractivity contribution in [2.45, 2.75) is 13.0 Å². The number of ether oxygens (including phenoxy) is 1. The third-order valence-corrected chi connectivity index (χ3v) is 2.63. The lowest BCUT2D eigenvalue weighted by atomic mass is 10.1. The molecule has 0 aliphatic carbocycles. The van der Waals surface area contributed by atoms with Crippen LogP contribution < -0.4 is 11.1 Å². The lowest BCUT2D eigenvalue weighted by Crippen LogP contribution is -2.27. The molecule has 1 aromatic carbocycles. The Balaban J connectivity index is 2.16. The first-order chi connectivity index (χ1) is 8.76. The zero-order chi connectivity index (χ0) is 13.2. The fourth-order valence-corrected chi connectivity index (χ4v) is 1.47. The topological polar surface area (TPSA) is 64.3 Å². The van der Waals surface area contributed by atoms with Crippen LogP contribution in [0, 0.1) is 5.92 Å². The standard InChI is InChI=1S/C14H20N2O2/c1-2-12(10-15)8-9-16-14(17)18-11-13-6-4-3-5-7-13/h2-7,12H,1,8-11,15H2,(H,16,17)/t12-/m1/s1. The summed E-state index contributed by atoms with van der Waals surface area (Å²) in [6.07, 6.45) is 2.18. The van der Waals surface area contributed by atoms with Gasteiger partial charge >= 0.3 is 6.09 Å². The smallest absolute Gasteiger partial charge is 0.407 e. The van der Waals surface area contributed by atoms with Gasteiger partial charge in [0.1, 0.15) is 6.61 Å². The summed E-state index contributed by atoms with van der Waals surface area (Å²) in [7, 11) is 0. The molecule has 0 spiro atoms. The van der Waals surface area contributed by atoms with Crippen LogP contribution in [0.15, 0.2) is 43.0 Å². The van der Waals surface area contributed by atoms with Crippen LogP contribution in [0.4, 0.5) is 4.79 Å². The molecule has 0 aliphatic rings. The molecular weight excluding hydrogens is 228 g/mol. The van der Waals surface area contributed by atoms with Gasteiger partial charge in [-0.1, -0.05) is 36.4 Å². The molecule has 4 heteroatoms. The molecule has 1 atom stereocenters. The van der Waals surface area contributed by atoms with E-state index in [0.29, 0.717) is 13.1 Å². The molecule has 0 saturated heterocycles. The zero-order valence-corrected chi connectivity index (χ0v) is 10.5. The molecule has 3 N–H and O–H groups in total. The lowest BCUT2D eigenvalue weighted by Gasteiger charge is -2.10. The number of hydrogen-bond acceptors (Lipinski definition) is 3. The van der Waals surface area contributed by atoms with E-state index in [2.05, 4.69) is 11.9 Å². The largest absolute Gasteiger partial charge is 0.445 e. The molecule has 0 radical (unpaired) electrons. The molecule has 4 nitrogen and oxygen atoms in total. The summed E-state index contributed by atoms with van der Waals surface area (Å²) < 4.78 is 5.07. The Bertz CT molecular complexity index is 365. The van der Waals surface area contributed by atoms with E-state index in [0.717, 1.165) is 12.0 Å². The number of hydrogen-bond donors (Lipinski definition) is 2. The molecule has 0 aromatic heterocycles. The van der Waals surface area contributed by atoms with E-state index in [1.165, 1.54) is 0 Å². The molecule has 0 aliphatic heterocycles. The highest BCUT2D eigenvalue weighted by atomic mass is 16.5. The molecule has 1 aromatic rings. The van der Waals surface area contributed by atoms with E-state index in [1.54, 1.807) is 6.08 Å². The number of rotatable bonds is 7. The number of carbonyl (C=O) groups is 1. The second-order valence-corrected chi connectivity index (χ2v) is 4.01. The minimum atomic E-state index is -0.404. The van der Waals surface area contributed by atoms with Gasteiger partial charge in [0.05, 0.1) is 0 Å². The van der Waals surface area contributed by atoms with Crippen LogP contribution in [0.2, 0.25) is 0 Å². The van der Waals surface area contributed by atoms with Crippen molar-refractivity contribution < 1.29 is 9.53 Å². The van der Waals surface area contributed by atoms with Crippen molar-refractivity contribution in [1.82, 2.24) is 5.32 Å². The molecule has 18 heavy (non-hydrogen) atoms. The van der Waals surface area contributed by atoms with E-state index in [-0.39, 0.29) is 12.5 Å². The first kappa shape index (κ1) is 14.3. The quantitative estimate of drug-likeness (QED) is 0.726. The average molecular weight is 248 g/mol. The van der Waals surface area contributed by atoms with Gasteiger partial charge in [-0.25, -0.2) is 4.79 Å². The number of nitrogens with one attached hydrogen (secondary N) is 1. The highest BCUT2D eigenvalue weighted by Gasteiger charge is 2.04. The van der Waals surface area contributed by atoms with Crippen molar-refractivity contribution >= 4 is 6.09 Å². The van der Waals surface area contributed by atoms with Gasteiger partial charge in [-0.2, -0.15) is 0 Å². The van der Waals surface area contributed by atoms with Gasteiger partial charge in [0.25, 0.3) is 0 Å². The van der Waals surface area contributed by atoms with Crippen LogP contribution in [0.25, 0.3) is 0 Å². The number of carbonyl (C=O) groups excluding carboxylic acids is 1. The van der Waals surface area contributed by atoms with E-state index in [4.69, 9.17) is 10.5 Å². The Morgan fingerprint density at radius 2 is 2.17 bits per heavy atom. The van der Waals surface area contributed by atoms with Gasteiger partial charge in [-0.15, -0.1) is 6.58 Å². The Labute approximate surface area is 108 Å². The number of alkyl carbamates (subject to hydrolysis) is 1. The molecule has 98 valence electrons. The third-order valence-electron chi connectivity index (χ3n) is 2.63.